The first-order chi connectivity index (χ1) is 17.0. The van der Waals surface area contributed by atoms with Crippen LogP contribution in [0.2, 0.25) is 0 Å². The van der Waals surface area contributed by atoms with Crippen LogP contribution < -0.4 is 0 Å². The molecule has 0 amide bonds. The van der Waals surface area contributed by atoms with Gasteiger partial charge in [0.25, 0.3) is 0 Å². The highest BCUT2D eigenvalue weighted by molar-refractivity contribution is 6.13. The Bertz CT molecular complexity index is 1630. The summed E-state index contributed by atoms with van der Waals surface area (Å²) in [6.07, 6.45) is 2.17. The fourth-order valence-electron chi connectivity index (χ4n) is 6.03. The van der Waals surface area contributed by atoms with Crippen molar-refractivity contribution in [2.24, 2.45) is 0 Å². The molecule has 0 fully saturated rings. The molecule has 3 heterocycles. The van der Waals surface area contributed by atoms with Crippen LogP contribution in [-0.4, -0.2) is 23.0 Å². The Kier molecular flexibility index (Phi) is 4.92. The molecule has 1 unspecified atom stereocenters. The zero-order valence-corrected chi connectivity index (χ0v) is 20.3. The standard InChI is InChI=1S/C30H27BN2O2/c1-4-5-18-32-19(2)27(22-13-7-10-16-25(22)32)30(24-15-9-6-12-21(24)29(34)35-30)28-20(3)33(31)26-17-11-8-14-23(26)28/h6-17H,4-5,18H2,1-3H3. The van der Waals surface area contributed by atoms with Gasteiger partial charge in [-0.15, -0.1) is 0 Å². The molecule has 5 heteroatoms. The van der Waals surface area contributed by atoms with E-state index in [0.29, 0.717) is 5.56 Å². The third-order valence-electron chi connectivity index (χ3n) is 7.60. The molecule has 0 saturated carbocycles. The van der Waals surface area contributed by atoms with Crippen LogP contribution in [0.25, 0.3) is 21.8 Å². The molecule has 172 valence electrons. The number of esters is 1. The first-order valence-corrected chi connectivity index (χ1v) is 12.3. The van der Waals surface area contributed by atoms with E-state index in [1.54, 1.807) is 4.48 Å². The van der Waals surface area contributed by atoms with Gasteiger partial charge in [0.05, 0.1) is 5.56 Å². The summed E-state index contributed by atoms with van der Waals surface area (Å²) in [7, 11) is 6.59. The van der Waals surface area contributed by atoms with Crippen LogP contribution in [0.4, 0.5) is 0 Å². The highest BCUT2D eigenvalue weighted by atomic mass is 16.6. The van der Waals surface area contributed by atoms with Gasteiger partial charge in [-0.3, -0.25) is 0 Å². The first-order valence-electron chi connectivity index (χ1n) is 12.3. The third-order valence-corrected chi connectivity index (χ3v) is 7.60. The van der Waals surface area contributed by atoms with Gasteiger partial charge in [-0.1, -0.05) is 67.9 Å². The Hall–Kier alpha value is -3.73. The van der Waals surface area contributed by atoms with E-state index in [0.717, 1.165) is 69.3 Å². The van der Waals surface area contributed by atoms with Crippen molar-refractivity contribution in [2.75, 3.05) is 0 Å². The quantitative estimate of drug-likeness (QED) is 0.226. The van der Waals surface area contributed by atoms with Crippen LogP contribution in [0, 0.1) is 13.8 Å². The summed E-state index contributed by atoms with van der Waals surface area (Å²) in [5.41, 5.74) is 6.35. The number of hydrogen-bond donors (Lipinski definition) is 0. The molecule has 0 N–H and O–H groups in total. The van der Waals surface area contributed by atoms with Gasteiger partial charge in [-0.05, 0) is 38.5 Å². The van der Waals surface area contributed by atoms with E-state index in [2.05, 4.69) is 48.7 Å². The van der Waals surface area contributed by atoms with Crippen LogP contribution in [-0.2, 0) is 16.9 Å². The minimum Gasteiger partial charge on any atom is -0.440 e. The number of ether oxygens (including phenoxy) is 1. The second kappa shape index (κ2) is 7.91. The van der Waals surface area contributed by atoms with E-state index in [4.69, 9.17) is 12.7 Å². The van der Waals surface area contributed by atoms with E-state index >= 15 is 0 Å². The molecule has 0 aliphatic carbocycles. The fourth-order valence-corrected chi connectivity index (χ4v) is 6.03. The van der Waals surface area contributed by atoms with Gasteiger partial charge in [-0.25, -0.2) is 4.79 Å². The lowest BCUT2D eigenvalue weighted by Crippen LogP contribution is -2.31. The van der Waals surface area contributed by atoms with Gasteiger partial charge >= 0.3 is 5.97 Å². The molecule has 1 aliphatic rings. The van der Waals surface area contributed by atoms with Gasteiger partial charge < -0.3 is 13.8 Å². The third kappa shape index (κ3) is 2.84. The molecule has 0 spiro atoms. The lowest BCUT2D eigenvalue weighted by molar-refractivity contribution is 0.0256. The van der Waals surface area contributed by atoms with E-state index in [1.807, 2.05) is 49.4 Å². The molecule has 4 nitrogen and oxygen atoms in total. The number of unbranched alkanes of at least 4 members (excludes halogenated alkanes) is 1. The van der Waals surface area contributed by atoms with E-state index in [-0.39, 0.29) is 5.97 Å². The Morgan fingerprint density at radius 3 is 2.17 bits per heavy atom. The minimum atomic E-state index is -1.11. The highest BCUT2D eigenvalue weighted by Crippen LogP contribution is 2.53. The molecule has 1 atom stereocenters. The van der Waals surface area contributed by atoms with Gasteiger partial charge in [0.2, 0.25) is 7.98 Å². The SMILES string of the molecule is [B]n1c(C)c(C2(c3c(C)n(CCCC)c4ccccc34)OC(=O)c3ccccc32)c2ccccc21. The van der Waals surface area contributed by atoms with Crippen molar-refractivity contribution in [3.05, 3.63) is 106 Å². The topological polar surface area (TPSA) is 36.2 Å². The summed E-state index contributed by atoms with van der Waals surface area (Å²) in [6, 6.07) is 24.3. The van der Waals surface area contributed by atoms with Crippen molar-refractivity contribution in [1.82, 2.24) is 9.05 Å². The van der Waals surface area contributed by atoms with E-state index in [9.17, 15) is 4.79 Å². The van der Waals surface area contributed by atoms with Gasteiger partial charge in [0.15, 0.2) is 5.60 Å². The van der Waals surface area contributed by atoms with Crippen molar-refractivity contribution in [3.8, 4) is 0 Å². The molecular weight excluding hydrogens is 431 g/mol. The molecule has 0 bridgehead atoms. The number of para-hydroxylation sites is 2. The lowest BCUT2D eigenvalue weighted by atomic mass is 9.77. The number of fused-ring (bicyclic) bond motifs is 3. The number of rotatable bonds is 5. The Balaban J connectivity index is 1.81. The normalized spacial score (nSPS) is 17.3. The monoisotopic (exact) mass is 458 g/mol. The number of cyclic esters (lactones) is 1. The van der Waals surface area contributed by atoms with Crippen molar-refractivity contribution < 1.29 is 9.53 Å². The number of carbonyl (C=O) groups is 1. The summed E-state index contributed by atoms with van der Waals surface area (Å²) < 4.78 is 10.7. The lowest BCUT2D eigenvalue weighted by Gasteiger charge is -2.31. The molecule has 3 aromatic carbocycles. The number of nitrogens with zero attached hydrogens (tertiary/aromatic N) is 2. The number of hydrogen-bond acceptors (Lipinski definition) is 2. The largest absolute Gasteiger partial charge is 0.440 e. The maximum absolute atomic E-state index is 13.4. The van der Waals surface area contributed by atoms with E-state index in [1.165, 1.54) is 0 Å². The summed E-state index contributed by atoms with van der Waals surface area (Å²) in [6.45, 7) is 7.28. The molecule has 2 radical (unpaired) electrons. The highest BCUT2D eigenvalue weighted by Gasteiger charge is 2.53. The van der Waals surface area contributed by atoms with Crippen molar-refractivity contribution in [2.45, 2.75) is 45.8 Å². The molecular formula is C30H27BN2O2. The Morgan fingerprint density at radius 1 is 0.829 bits per heavy atom. The molecule has 0 saturated heterocycles. The summed E-state index contributed by atoms with van der Waals surface area (Å²) >= 11 is 0. The minimum absolute atomic E-state index is 0.307. The predicted molar refractivity (Wildman–Crippen MR) is 141 cm³/mol. The van der Waals surface area contributed by atoms with Crippen molar-refractivity contribution >= 4 is 35.8 Å². The number of benzene rings is 3. The average Bonchev–Trinajstić information content (AvgIpc) is 3.43. The smallest absolute Gasteiger partial charge is 0.340 e. The molecule has 5 aromatic rings. The predicted octanol–water partition coefficient (Wildman–Crippen LogP) is 6.41. The van der Waals surface area contributed by atoms with Crippen molar-refractivity contribution in [1.29, 1.82) is 0 Å². The zero-order chi connectivity index (χ0) is 24.3. The molecule has 2 aromatic heterocycles. The number of aromatic nitrogens is 2. The van der Waals surface area contributed by atoms with E-state index < -0.39 is 5.60 Å². The second-order valence-electron chi connectivity index (χ2n) is 9.45. The number of carbonyl (C=O) groups excluding carboxylic acids is 1. The Morgan fingerprint density at radius 2 is 1.43 bits per heavy atom. The van der Waals surface area contributed by atoms with Crippen LogP contribution in [0.1, 0.15) is 58.2 Å². The Labute approximate surface area is 206 Å². The maximum atomic E-state index is 13.4. The summed E-state index contributed by atoms with van der Waals surface area (Å²) in [4.78, 5) is 13.4. The molecule has 1 aliphatic heterocycles. The van der Waals surface area contributed by atoms with Crippen molar-refractivity contribution in [3.63, 3.8) is 0 Å². The second-order valence-corrected chi connectivity index (χ2v) is 9.45. The fraction of sp³-hybridized carbons (Fsp3) is 0.233. The molecule has 6 rings (SSSR count). The van der Waals surface area contributed by atoms with Gasteiger partial charge in [0, 0.05) is 56.4 Å². The van der Waals surface area contributed by atoms with Gasteiger partial charge in [-0.2, -0.15) is 0 Å². The van der Waals surface area contributed by atoms with Gasteiger partial charge in [0.1, 0.15) is 0 Å². The molecule has 35 heavy (non-hydrogen) atoms. The van der Waals surface area contributed by atoms with Crippen LogP contribution in [0.5, 0.6) is 0 Å². The summed E-state index contributed by atoms with van der Waals surface area (Å²) in [5.74, 6) is -0.307. The average molecular weight is 458 g/mol. The number of aryl methyl sites for hydroxylation is 1. The summed E-state index contributed by atoms with van der Waals surface area (Å²) in [5, 5.41) is 2.08. The van der Waals surface area contributed by atoms with Crippen LogP contribution >= 0.6 is 0 Å². The van der Waals surface area contributed by atoms with Crippen LogP contribution in [0.15, 0.2) is 72.8 Å². The maximum Gasteiger partial charge on any atom is 0.340 e. The zero-order valence-electron chi connectivity index (χ0n) is 20.3. The van der Waals surface area contributed by atoms with Crippen LogP contribution in [0.3, 0.4) is 0 Å². The first kappa shape index (κ1) is 21.8.